The van der Waals surface area contributed by atoms with Crippen LogP contribution in [0.25, 0.3) is 10.2 Å². The van der Waals surface area contributed by atoms with Gasteiger partial charge in [-0.25, -0.2) is 18.2 Å². The standard InChI is InChI=1S/C22H20N4O3S2/c1-14-8-10-16(11-9-14)23-21(27)24-17-12-15(2)20-19(13-17)30-22(25-20)26-31(28,29)18-6-4-3-5-7-18/h3-13H,1-2H3,(H,25,26)(H2,23,24,27). The number of thiazole rings is 1. The molecule has 9 heteroatoms. The second-order valence-electron chi connectivity index (χ2n) is 7.02. The zero-order valence-corrected chi connectivity index (χ0v) is 18.5. The molecule has 0 unspecified atom stereocenters. The lowest BCUT2D eigenvalue weighted by molar-refractivity contribution is 0.262. The van der Waals surface area contributed by atoms with Gasteiger partial charge in [-0.3, -0.25) is 4.72 Å². The molecule has 1 heterocycles. The third kappa shape index (κ3) is 4.84. The molecule has 158 valence electrons. The van der Waals surface area contributed by atoms with Gasteiger partial charge in [-0.1, -0.05) is 47.2 Å². The van der Waals surface area contributed by atoms with E-state index in [-0.39, 0.29) is 16.1 Å². The van der Waals surface area contributed by atoms with Gasteiger partial charge in [0.1, 0.15) is 0 Å². The zero-order chi connectivity index (χ0) is 22.0. The summed E-state index contributed by atoms with van der Waals surface area (Å²) in [6.45, 7) is 3.84. The van der Waals surface area contributed by atoms with Gasteiger partial charge < -0.3 is 10.6 Å². The monoisotopic (exact) mass is 452 g/mol. The Balaban J connectivity index is 1.53. The fourth-order valence-corrected chi connectivity index (χ4v) is 5.26. The van der Waals surface area contributed by atoms with Crippen molar-refractivity contribution in [3.63, 3.8) is 0 Å². The molecule has 0 aliphatic carbocycles. The average molecular weight is 453 g/mol. The second kappa shape index (κ2) is 8.37. The van der Waals surface area contributed by atoms with E-state index in [2.05, 4.69) is 20.3 Å². The van der Waals surface area contributed by atoms with E-state index in [1.165, 1.54) is 23.5 Å². The number of urea groups is 1. The van der Waals surface area contributed by atoms with Gasteiger partial charge >= 0.3 is 6.03 Å². The number of nitrogens with zero attached hydrogens (tertiary/aromatic N) is 1. The van der Waals surface area contributed by atoms with Crippen molar-refractivity contribution in [2.75, 3.05) is 15.4 Å². The molecule has 3 aromatic carbocycles. The van der Waals surface area contributed by atoms with Crippen molar-refractivity contribution >= 4 is 54.1 Å². The molecule has 0 bridgehead atoms. The molecule has 2 amide bonds. The largest absolute Gasteiger partial charge is 0.323 e. The summed E-state index contributed by atoms with van der Waals surface area (Å²) in [5, 5.41) is 5.86. The van der Waals surface area contributed by atoms with E-state index in [1.54, 1.807) is 30.3 Å². The molecule has 31 heavy (non-hydrogen) atoms. The first-order valence-electron chi connectivity index (χ1n) is 9.44. The number of benzene rings is 3. The lowest BCUT2D eigenvalue weighted by Crippen LogP contribution is -2.19. The summed E-state index contributed by atoms with van der Waals surface area (Å²) in [7, 11) is -3.72. The van der Waals surface area contributed by atoms with E-state index in [0.717, 1.165) is 15.8 Å². The highest BCUT2D eigenvalue weighted by Gasteiger charge is 2.17. The van der Waals surface area contributed by atoms with Crippen LogP contribution in [0.15, 0.2) is 71.6 Å². The minimum atomic E-state index is -3.72. The Bertz CT molecular complexity index is 1350. The fourth-order valence-electron chi connectivity index (χ4n) is 3.02. The smallest absolute Gasteiger partial charge is 0.308 e. The molecule has 0 aliphatic rings. The van der Waals surface area contributed by atoms with E-state index in [0.29, 0.717) is 16.9 Å². The molecule has 0 saturated heterocycles. The van der Waals surface area contributed by atoms with Gasteiger partial charge in [-0.15, -0.1) is 0 Å². The van der Waals surface area contributed by atoms with Crippen molar-refractivity contribution < 1.29 is 13.2 Å². The summed E-state index contributed by atoms with van der Waals surface area (Å²) in [6, 6.07) is 18.8. The summed E-state index contributed by atoms with van der Waals surface area (Å²) in [6.07, 6.45) is 0. The van der Waals surface area contributed by atoms with Crippen molar-refractivity contribution in [2.45, 2.75) is 18.7 Å². The van der Waals surface area contributed by atoms with Gasteiger partial charge in [0.2, 0.25) is 0 Å². The molecule has 7 nitrogen and oxygen atoms in total. The van der Waals surface area contributed by atoms with E-state index < -0.39 is 10.0 Å². The topological polar surface area (TPSA) is 100 Å². The van der Waals surface area contributed by atoms with Gasteiger partial charge in [-0.05, 0) is 55.8 Å². The first kappa shape index (κ1) is 20.8. The lowest BCUT2D eigenvalue weighted by atomic mass is 10.2. The second-order valence-corrected chi connectivity index (χ2v) is 9.74. The molecule has 0 fully saturated rings. The summed E-state index contributed by atoms with van der Waals surface area (Å²) < 4.78 is 28.4. The number of aromatic nitrogens is 1. The van der Waals surface area contributed by atoms with Crippen LogP contribution in [-0.4, -0.2) is 19.4 Å². The van der Waals surface area contributed by atoms with Crippen LogP contribution in [-0.2, 0) is 10.0 Å². The summed E-state index contributed by atoms with van der Waals surface area (Å²) in [4.78, 5) is 16.9. The number of anilines is 3. The quantitative estimate of drug-likeness (QED) is 0.380. The third-order valence-electron chi connectivity index (χ3n) is 4.53. The first-order valence-corrected chi connectivity index (χ1v) is 11.7. The Hall–Kier alpha value is -3.43. The van der Waals surface area contributed by atoms with Crippen molar-refractivity contribution in [1.82, 2.24) is 4.98 Å². The van der Waals surface area contributed by atoms with E-state index in [4.69, 9.17) is 0 Å². The van der Waals surface area contributed by atoms with Crippen LogP contribution in [0, 0.1) is 13.8 Å². The first-order chi connectivity index (χ1) is 14.8. The van der Waals surface area contributed by atoms with Crippen LogP contribution < -0.4 is 15.4 Å². The van der Waals surface area contributed by atoms with Crippen LogP contribution in [0.2, 0.25) is 0 Å². The molecule has 0 atom stereocenters. The van der Waals surface area contributed by atoms with Crippen LogP contribution in [0.5, 0.6) is 0 Å². The number of hydrogen-bond acceptors (Lipinski definition) is 5. The zero-order valence-electron chi connectivity index (χ0n) is 16.8. The molecular weight excluding hydrogens is 432 g/mol. The SMILES string of the molecule is Cc1ccc(NC(=O)Nc2cc(C)c3nc(NS(=O)(=O)c4ccccc4)sc3c2)cc1. The minimum Gasteiger partial charge on any atom is -0.308 e. The van der Waals surface area contributed by atoms with Crippen LogP contribution in [0.1, 0.15) is 11.1 Å². The predicted molar refractivity (Wildman–Crippen MR) is 125 cm³/mol. The third-order valence-corrected chi connectivity index (χ3v) is 6.93. The van der Waals surface area contributed by atoms with E-state index in [1.807, 2.05) is 38.1 Å². The normalized spacial score (nSPS) is 11.3. The molecule has 0 spiro atoms. The number of carbonyl (C=O) groups is 1. The molecule has 0 aliphatic heterocycles. The Kier molecular flexibility index (Phi) is 5.62. The highest BCUT2D eigenvalue weighted by Crippen LogP contribution is 2.32. The molecule has 0 radical (unpaired) electrons. The number of hydrogen-bond donors (Lipinski definition) is 3. The van der Waals surface area contributed by atoms with Gasteiger partial charge in [-0.2, -0.15) is 0 Å². The predicted octanol–water partition coefficient (Wildman–Crippen LogP) is 5.36. The number of aryl methyl sites for hydroxylation is 2. The maximum absolute atomic E-state index is 12.6. The van der Waals surface area contributed by atoms with Crippen LogP contribution in [0.3, 0.4) is 0 Å². The summed E-state index contributed by atoms with van der Waals surface area (Å²) >= 11 is 1.21. The maximum atomic E-state index is 12.6. The number of rotatable bonds is 5. The Morgan fingerprint density at radius 1 is 0.903 bits per heavy atom. The molecule has 4 rings (SSSR count). The Morgan fingerprint density at radius 2 is 1.58 bits per heavy atom. The van der Waals surface area contributed by atoms with Crippen molar-refractivity contribution in [3.8, 4) is 0 Å². The maximum Gasteiger partial charge on any atom is 0.323 e. The number of amides is 2. The number of sulfonamides is 1. The molecule has 1 aromatic heterocycles. The van der Waals surface area contributed by atoms with Gasteiger partial charge in [0.05, 0.1) is 15.1 Å². The number of nitrogens with one attached hydrogen (secondary N) is 3. The van der Waals surface area contributed by atoms with Crippen molar-refractivity contribution in [1.29, 1.82) is 0 Å². The highest BCUT2D eigenvalue weighted by atomic mass is 32.2. The minimum absolute atomic E-state index is 0.168. The fraction of sp³-hybridized carbons (Fsp3) is 0.0909. The molecule has 3 N–H and O–H groups in total. The highest BCUT2D eigenvalue weighted by molar-refractivity contribution is 7.93. The van der Waals surface area contributed by atoms with Crippen LogP contribution >= 0.6 is 11.3 Å². The Morgan fingerprint density at radius 3 is 2.29 bits per heavy atom. The Labute approximate surface area is 184 Å². The number of carbonyl (C=O) groups excluding carboxylic acids is 1. The van der Waals surface area contributed by atoms with Crippen molar-refractivity contribution in [3.05, 3.63) is 77.9 Å². The molecule has 0 saturated carbocycles. The molecular formula is C22H20N4O3S2. The van der Waals surface area contributed by atoms with E-state index in [9.17, 15) is 13.2 Å². The summed E-state index contributed by atoms with van der Waals surface area (Å²) in [5.41, 5.74) is 3.90. The van der Waals surface area contributed by atoms with E-state index >= 15 is 0 Å². The van der Waals surface area contributed by atoms with Gasteiger partial charge in [0, 0.05) is 11.4 Å². The van der Waals surface area contributed by atoms with Gasteiger partial charge in [0.25, 0.3) is 10.0 Å². The molecule has 4 aromatic rings. The van der Waals surface area contributed by atoms with Gasteiger partial charge in [0.15, 0.2) is 5.13 Å². The lowest BCUT2D eigenvalue weighted by Gasteiger charge is -2.09. The van der Waals surface area contributed by atoms with Crippen LogP contribution in [0.4, 0.5) is 21.3 Å². The average Bonchev–Trinajstić information content (AvgIpc) is 3.12. The van der Waals surface area contributed by atoms with Crippen molar-refractivity contribution in [2.24, 2.45) is 0 Å². The summed E-state index contributed by atoms with van der Waals surface area (Å²) in [5.74, 6) is 0. The number of fused-ring (bicyclic) bond motifs is 1.